The minimum absolute atomic E-state index is 0.145. The summed E-state index contributed by atoms with van der Waals surface area (Å²) in [6.07, 6.45) is -0.422. The molecule has 22 heavy (non-hydrogen) atoms. The van der Waals surface area contributed by atoms with E-state index in [1.165, 1.54) is 0 Å². The van der Waals surface area contributed by atoms with Crippen molar-refractivity contribution >= 4 is 9.84 Å². The van der Waals surface area contributed by atoms with Gasteiger partial charge in [-0.1, -0.05) is 18.2 Å². The Morgan fingerprint density at radius 3 is 2.64 bits per heavy atom. The van der Waals surface area contributed by atoms with Crippen molar-refractivity contribution in [2.45, 2.75) is 48.0 Å². The van der Waals surface area contributed by atoms with Crippen LogP contribution in [0.2, 0.25) is 0 Å². The van der Waals surface area contributed by atoms with Gasteiger partial charge >= 0.3 is 0 Å². The SMILES string of the molecule is CC1(C)O[C@H]2[C@@H]3[C@@H](S(=O)(=O)c4ccccc4)CON3C[C@H]2O1. The molecular formula is C15H19NO5S. The fraction of sp³-hybridized carbons (Fsp3) is 0.600. The molecule has 1 aromatic rings. The summed E-state index contributed by atoms with van der Waals surface area (Å²) in [4.78, 5) is 5.92. The van der Waals surface area contributed by atoms with E-state index in [4.69, 9.17) is 14.3 Å². The maximum atomic E-state index is 12.9. The summed E-state index contributed by atoms with van der Waals surface area (Å²) in [5, 5.41) is 1.08. The monoisotopic (exact) mass is 325 g/mol. The Morgan fingerprint density at radius 1 is 1.18 bits per heavy atom. The largest absolute Gasteiger partial charge is 0.343 e. The van der Waals surface area contributed by atoms with Crippen molar-refractivity contribution in [1.29, 1.82) is 0 Å². The molecule has 3 fully saturated rings. The average Bonchev–Trinajstić information content (AvgIpc) is 3.08. The van der Waals surface area contributed by atoms with Gasteiger partial charge in [-0.05, 0) is 26.0 Å². The van der Waals surface area contributed by atoms with E-state index in [1.807, 2.05) is 13.8 Å². The van der Waals surface area contributed by atoms with Crippen LogP contribution in [0.1, 0.15) is 13.8 Å². The van der Waals surface area contributed by atoms with Crippen LogP contribution in [0, 0.1) is 0 Å². The number of benzene rings is 1. The van der Waals surface area contributed by atoms with Crippen molar-refractivity contribution in [3.8, 4) is 0 Å². The molecule has 0 N–H and O–H groups in total. The fourth-order valence-electron chi connectivity index (χ4n) is 3.62. The first-order valence-electron chi connectivity index (χ1n) is 7.43. The Hall–Kier alpha value is -0.990. The minimum Gasteiger partial charge on any atom is -0.343 e. The van der Waals surface area contributed by atoms with Gasteiger partial charge in [-0.25, -0.2) is 8.42 Å². The van der Waals surface area contributed by atoms with Gasteiger partial charge in [-0.2, -0.15) is 5.06 Å². The van der Waals surface area contributed by atoms with Crippen LogP contribution in [0.25, 0.3) is 0 Å². The van der Waals surface area contributed by atoms with Gasteiger partial charge in [0.2, 0.25) is 0 Å². The third kappa shape index (κ3) is 2.11. The van der Waals surface area contributed by atoms with Gasteiger partial charge in [0.05, 0.1) is 24.1 Å². The Labute approximate surface area is 129 Å². The van der Waals surface area contributed by atoms with Crippen LogP contribution in [0.3, 0.4) is 0 Å². The molecule has 0 spiro atoms. The van der Waals surface area contributed by atoms with E-state index in [-0.39, 0.29) is 24.9 Å². The van der Waals surface area contributed by atoms with Crippen LogP contribution in [-0.4, -0.2) is 55.9 Å². The number of hydrogen-bond donors (Lipinski definition) is 0. The average molecular weight is 325 g/mol. The number of nitrogens with zero attached hydrogens (tertiary/aromatic N) is 1. The smallest absolute Gasteiger partial charge is 0.185 e. The van der Waals surface area contributed by atoms with E-state index in [0.29, 0.717) is 11.4 Å². The summed E-state index contributed by atoms with van der Waals surface area (Å²) in [5.74, 6) is -0.676. The molecular weight excluding hydrogens is 306 g/mol. The fourth-order valence-corrected chi connectivity index (χ4v) is 5.40. The summed E-state index contributed by atoms with van der Waals surface area (Å²) in [6, 6.07) is 8.20. The summed E-state index contributed by atoms with van der Waals surface area (Å²) in [7, 11) is -3.47. The zero-order chi connectivity index (χ0) is 15.5. The highest BCUT2D eigenvalue weighted by molar-refractivity contribution is 7.92. The standard InChI is InChI=1S/C15H19NO5S/c1-15(2)20-11-8-16-13(14(11)21-15)12(9-19-16)22(17,18)10-6-4-3-5-7-10/h3-7,11-14H,8-9H2,1-2H3/t11-,12+,13+,14-/m1/s1. The van der Waals surface area contributed by atoms with Gasteiger partial charge in [0.15, 0.2) is 15.6 Å². The highest BCUT2D eigenvalue weighted by atomic mass is 32.2. The van der Waals surface area contributed by atoms with E-state index in [0.717, 1.165) is 0 Å². The molecule has 4 atom stereocenters. The van der Waals surface area contributed by atoms with E-state index >= 15 is 0 Å². The number of fused-ring (bicyclic) bond motifs is 3. The normalized spacial score (nSPS) is 37.2. The summed E-state index contributed by atoms with van der Waals surface area (Å²) in [5.41, 5.74) is 0. The lowest BCUT2D eigenvalue weighted by Crippen LogP contribution is -2.44. The molecule has 3 aliphatic rings. The second kappa shape index (κ2) is 4.75. The predicted molar refractivity (Wildman–Crippen MR) is 77.7 cm³/mol. The van der Waals surface area contributed by atoms with Crippen LogP contribution in [0.5, 0.6) is 0 Å². The molecule has 120 valence electrons. The minimum atomic E-state index is -3.47. The van der Waals surface area contributed by atoms with Gasteiger partial charge in [0.25, 0.3) is 0 Å². The molecule has 4 rings (SSSR count). The predicted octanol–water partition coefficient (Wildman–Crippen LogP) is 0.978. The number of hydroxylamine groups is 2. The summed E-state index contributed by atoms with van der Waals surface area (Å²) < 4.78 is 37.6. The third-order valence-corrected chi connectivity index (χ3v) is 6.65. The Bertz CT molecular complexity index is 674. The lowest BCUT2D eigenvalue weighted by Gasteiger charge is -2.25. The van der Waals surface area contributed by atoms with Crippen LogP contribution in [-0.2, 0) is 24.1 Å². The highest BCUT2D eigenvalue weighted by Crippen LogP contribution is 2.42. The van der Waals surface area contributed by atoms with Gasteiger partial charge in [0.1, 0.15) is 17.5 Å². The lowest BCUT2D eigenvalue weighted by atomic mass is 10.1. The molecule has 0 amide bonds. The van der Waals surface area contributed by atoms with Crippen molar-refractivity contribution in [1.82, 2.24) is 5.06 Å². The van der Waals surface area contributed by atoms with Crippen molar-refractivity contribution in [2.75, 3.05) is 13.2 Å². The molecule has 0 radical (unpaired) electrons. The van der Waals surface area contributed by atoms with E-state index in [9.17, 15) is 8.42 Å². The van der Waals surface area contributed by atoms with Crippen molar-refractivity contribution in [3.63, 3.8) is 0 Å². The molecule has 0 aliphatic carbocycles. The van der Waals surface area contributed by atoms with E-state index in [1.54, 1.807) is 35.4 Å². The van der Waals surface area contributed by atoms with Gasteiger partial charge in [-0.3, -0.25) is 4.84 Å². The van der Waals surface area contributed by atoms with E-state index < -0.39 is 20.9 Å². The zero-order valence-electron chi connectivity index (χ0n) is 12.5. The second-order valence-electron chi connectivity index (χ2n) is 6.42. The first-order valence-corrected chi connectivity index (χ1v) is 8.97. The van der Waals surface area contributed by atoms with Crippen molar-refractivity contribution in [3.05, 3.63) is 30.3 Å². The van der Waals surface area contributed by atoms with Crippen LogP contribution >= 0.6 is 0 Å². The number of hydrogen-bond acceptors (Lipinski definition) is 6. The number of ether oxygens (including phenoxy) is 2. The Balaban J connectivity index is 1.67. The first-order chi connectivity index (χ1) is 10.4. The van der Waals surface area contributed by atoms with Crippen molar-refractivity contribution < 1.29 is 22.7 Å². The van der Waals surface area contributed by atoms with Gasteiger partial charge < -0.3 is 9.47 Å². The molecule has 3 saturated heterocycles. The number of rotatable bonds is 2. The maximum absolute atomic E-state index is 12.9. The zero-order valence-corrected chi connectivity index (χ0v) is 13.3. The quantitative estimate of drug-likeness (QED) is 0.807. The van der Waals surface area contributed by atoms with Crippen molar-refractivity contribution in [2.24, 2.45) is 0 Å². The topological polar surface area (TPSA) is 65.1 Å². The second-order valence-corrected chi connectivity index (χ2v) is 8.59. The van der Waals surface area contributed by atoms with Crippen LogP contribution in [0.15, 0.2) is 35.2 Å². The molecule has 0 saturated carbocycles. The van der Waals surface area contributed by atoms with Crippen LogP contribution < -0.4 is 0 Å². The third-order valence-electron chi connectivity index (χ3n) is 4.51. The van der Waals surface area contributed by atoms with Crippen LogP contribution in [0.4, 0.5) is 0 Å². The molecule has 0 bridgehead atoms. The summed E-state index contributed by atoms with van der Waals surface area (Å²) >= 11 is 0. The molecule has 0 unspecified atom stereocenters. The molecule has 7 heteroatoms. The number of sulfone groups is 1. The molecule has 6 nitrogen and oxygen atoms in total. The lowest BCUT2D eigenvalue weighted by molar-refractivity contribution is -0.193. The molecule has 1 aromatic carbocycles. The highest BCUT2D eigenvalue weighted by Gasteiger charge is 2.60. The molecule has 3 aliphatic heterocycles. The molecule has 0 aromatic heterocycles. The Kier molecular flexibility index (Phi) is 3.15. The first kappa shape index (κ1) is 14.6. The summed E-state index contributed by atoms with van der Waals surface area (Å²) in [6.45, 7) is 4.41. The maximum Gasteiger partial charge on any atom is 0.185 e. The molecule has 3 heterocycles. The van der Waals surface area contributed by atoms with Gasteiger partial charge in [0, 0.05) is 0 Å². The Morgan fingerprint density at radius 2 is 1.91 bits per heavy atom. The van der Waals surface area contributed by atoms with E-state index in [2.05, 4.69) is 0 Å². The van der Waals surface area contributed by atoms with Gasteiger partial charge in [-0.15, -0.1) is 0 Å².